The predicted molar refractivity (Wildman–Crippen MR) is 135 cm³/mol. The van der Waals surface area contributed by atoms with Crippen LogP contribution in [0.15, 0.2) is 47.2 Å². The molecule has 166 valence electrons. The van der Waals surface area contributed by atoms with Crippen LogP contribution in [0.4, 0.5) is 5.69 Å². The molecular weight excluding hydrogens is 392 g/mol. The maximum Gasteiger partial charge on any atom is 0.160 e. The third-order valence-corrected chi connectivity index (χ3v) is 4.94. The summed E-state index contributed by atoms with van der Waals surface area (Å²) in [7, 11) is 2.07. The van der Waals surface area contributed by atoms with Gasteiger partial charge in [-0.15, -0.1) is 11.3 Å². The number of rotatable bonds is 8. The van der Waals surface area contributed by atoms with Gasteiger partial charge in [-0.3, -0.25) is 4.79 Å². The summed E-state index contributed by atoms with van der Waals surface area (Å²) in [5, 5.41) is 1.07. The molecule has 2 aromatic heterocycles. The first-order chi connectivity index (χ1) is 14.5. The van der Waals surface area contributed by atoms with Crippen molar-refractivity contribution in [2.75, 3.05) is 18.5 Å². The fourth-order valence-corrected chi connectivity index (χ4v) is 3.31. The highest BCUT2D eigenvalue weighted by molar-refractivity contribution is 7.20. The van der Waals surface area contributed by atoms with Crippen molar-refractivity contribution >= 4 is 39.4 Å². The Balaban J connectivity index is 0.000000540. The van der Waals surface area contributed by atoms with Crippen LogP contribution in [-0.4, -0.2) is 30.7 Å². The molecule has 0 unspecified atom stereocenters. The second-order valence-electron chi connectivity index (χ2n) is 6.22. The van der Waals surface area contributed by atoms with Gasteiger partial charge < -0.3 is 10.6 Å². The number of anilines is 1. The van der Waals surface area contributed by atoms with Gasteiger partial charge in [0.25, 0.3) is 0 Å². The molecule has 2 aromatic rings. The molecule has 0 aliphatic heterocycles. The lowest BCUT2D eigenvalue weighted by Gasteiger charge is -2.18. The van der Waals surface area contributed by atoms with Crippen molar-refractivity contribution in [1.29, 1.82) is 0 Å². The van der Waals surface area contributed by atoms with Crippen LogP contribution in [0.5, 0.6) is 0 Å². The van der Waals surface area contributed by atoms with Gasteiger partial charge in [-0.05, 0) is 38.0 Å². The zero-order valence-electron chi connectivity index (χ0n) is 19.6. The largest absolute Gasteiger partial charge is 0.387 e. The molecular formula is C24H38N4OS. The normalized spacial score (nSPS) is 11.6. The molecule has 2 heterocycles. The zero-order chi connectivity index (χ0) is 22.9. The maximum atomic E-state index is 10.8. The molecule has 30 heavy (non-hydrogen) atoms. The number of carbonyl (C=O) groups is 1. The number of fused-ring (bicyclic) bond motifs is 1. The van der Waals surface area contributed by atoms with Crippen LogP contribution >= 0.6 is 11.3 Å². The van der Waals surface area contributed by atoms with E-state index in [-0.39, 0.29) is 0 Å². The van der Waals surface area contributed by atoms with Gasteiger partial charge in [0.2, 0.25) is 0 Å². The van der Waals surface area contributed by atoms with E-state index in [1.54, 1.807) is 6.20 Å². The molecule has 0 saturated carbocycles. The number of pyridine rings is 1. The van der Waals surface area contributed by atoms with Crippen molar-refractivity contribution in [2.24, 2.45) is 10.7 Å². The molecule has 0 aliphatic carbocycles. The molecule has 0 atom stereocenters. The molecule has 0 spiro atoms. The van der Waals surface area contributed by atoms with E-state index in [2.05, 4.69) is 41.8 Å². The molecule has 6 heteroatoms. The Kier molecular flexibility index (Phi) is 15.0. The van der Waals surface area contributed by atoms with Gasteiger partial charge in [-0.1, -0.05) is 46.8 Å². The molecule has 0 radical (unpaired) electrons. The molecule has 0 amide bonds. The first kappa shape index (κ1) is 27.5. The second kappa shape index (κ2) is 16.3. The van der Waals surface area contributed by atoms with Crippen LogP contribution < -0.4 is 10.6 Å². The number of nitrogens with two attached hydrogens (primary N) is 1. The summed E-state index contributed by atoms with van der Waals surface area (Å²) in [6, 6.07) is 3.92. The number of aromatic nitrogens is 1. The van der Waals surface area contributed by atoms with E-state index >= 15 is 0 Å². The molecule has 0 aliphatic rings. The summed E-state index contributed by atoms with van der Waals surface area (Å²) in [4.78, 5) is 23.1. The van der Waals surface area contributed by atoms with Gasteiger partial charge in [0.15, 0.2) is 6.29 Å². The Hall–Kier alpha value is -2.47. The third kappa shape index (κ3) is 9.35. The number of thiophene rings is 1. The quantitative estimate of drug-likeness (QED) is 0.221. The smallest absolute Gasteiger partial charge is 0.160 e. The number of aliphatic imine (C=N–C) groups is 1. The molecule has 0 saturated heterocycles. The summed E-state index contributed by atoms with van der Waals surface area (Å²) < 4.78 is 0. The standard InChI is InChI=1S/C12H14N2OS.C10H18N2.C2H6/c1-3-6-14(2)11-4-5-13-12-10(11)7-9(8-15)16-12;1-4-7-8-9(5-2)12-10(11)6-3;1-2/h4-5,7-8H,3,6H2,1-2H3;5,7-8H,4,6H2,1-3H3,(H2,11,12);1-2H3/b;8-7-,9-5+;. The molecule has 0 fully saturated rings. The average molecular weight is 431 g/mol. The molecule has 0 aromatic carbocycles. The SMILES string of the molecule is C/C=C(\C=C/CC)N=C(N)CC.CC.CCCN(C)c1ccnc2sc(C=O)cc12. The van der Waals surface area contributed by atoms with Crippen LogP contribution in [0.2, 0.25) is 0 Å². The van der Waals surface area contributed by atoms with E-state index in [4.69, 9.17) is 5.73 Å². The number of allylic oxidation sites excluding steroid dienone is 3. The Morgan fingerprint density at radius 2 is 2.00 bits per heavy atom. The van der Waals surface area contributed by atoms with Gasteiger partial charge in [-0.2, -0.15) is 0 Å². The highest BCUT2D eigenvalue weighted by Gasteiger charge is 2.09. The van der Waals surface area contributed by atoms with Crippen LogP contribution in [0.25, 0.3) is 10.2 Å². The molecule has 2 rings (SSSR count). The van der Waals surface area contributed by atoms with Crippen LogP contribution in [0.1, 0.15) is 70.5 Å². The lowest BCUT2D eigenvalue weighted by molar-refractivity contribution is 0.112. The highest BCUT2D eigenvalue weighted by atomic mass is 32.1. The topological polar surface area (TPSA) is 71.6 Å². The predicted octanol–water partition coefficient (Wildman–Crippen LogP) is 6.60. The van der Waals surface area contributed by atoms with Crippen LogP contribution in [-0.2, 0) is 0 Å². The fourth-order valence-electron chi connectivity index (χ4n) is 2.47. The number of aldehydes is 1. The number of hydrogen-bond donors (Lipinski definition) is 1. The van der Waals surface area contributed by atoms with E-state index < -0.39 is 0 Å². The van der Waals surface area contributed by atoms with Crippen molar-refractivity contribution in [2.45, 2.75) is 60.8 Å². The number of hydrogen-bond acceptors (Lipinski definition) is 5. The Morgan fingerprint density at radius 1 is 1.30 bits per heavy atom. The minimum absolute atomic E-state index is 0.684. The van der Waals surface area contributed by atoms with E-state index in [0.29, 0.717) is 5.84 Å². The van der Waals surface area contributed by atoms with Crippen LogP contribution in [0.3, 0.4) is 0 Å². The minimum Gasteiger partial charge on any atom is -0.387 e. The first-order valence-corrected chi connectivity index (χ1v) is 11.5. The summed E-state index contributed by atoms with van der Waals surface area (Å²) >= 11 is 1.44. The summed E-state index contributed by atoms with van der Waals surface area (Å²) in [5.74, 6) is 0.684. The summed E-state index contributed by atoms with van der Waals surface area (Å²) in [6.07, 6.45) is 11.6. The maximum absolute atomic E-state index is 10.8. The average Bonchev–Trinajstić information content (AvgIpc) is 3.22. The van der Waals surface area contributed by atoms with Crippen molar-refractivity contribution in [3.05, 3.63) is 47.1 Å². The third-order valence-electron chi connectivity index (χ3n) is 3.97. The highest BCUT2D eigenvalue weighted by Crippen LogP contribution is 2.30. The fraction of sp³-hybridized carbons (Fsp3) is 0.458. The Bertz CT molecular complexity index is 837. The first-order valence-electron chi connectivity index (χ1n) is 10.7. The second-order valence-corrected chi connectivity index (χ2v) is 7.28. The van der Waals surface area contributed by atoms with Crippen LogP contribution in [0, 0.1) is 0 Å². The molecule has 2 N–H and O–H groups in total. The van der Waals surface area contributed by atoms with Gasteiger partial charge in [0.05, 0.1) is 16.4 Å². The van der Waals surface area contributed by atoms with Gasteiger partial charge >= 0.3 is 0 Å². The van der Waals surface area contributed by atoms with E-state index in [1.165, 1.54) is 11.3 Å². The van der Waals surface area contributed by atoms with E-state index in [9.17, 15) is 4.79 Å². The number of amidine groups is 1. The van der Waals surface area contributed by atoms with Crippen molar-refractivity contribution in [1.82, 2.24) is 4.98 Å². The van der Waals surface area contributed by atoms with Crippen molar-refractivity contribution < 1.29 is 4.79 Å². The molecule has 5 nitrogen and oxygen atoms in total. The van der Waals surface area contributed by atoms with Gasteiger partial charge in [0.1, 0.15) is 4.83 Å². The van der Waals surface area contributed by atoms with Gasteiger partial charge in [0, 0.05) is 37.3 Å². The van der Waals surface area contributed by atoms with E-state index in [1.807, 2.05) is 52.0 Å². The Labute approximate surface area is 186 Å². The number of nitrogens with zero attached hydrogens (tertiary/aromatic N) is 3. The zero-order valence-corrected chi connectivity index (χ0v) is 20.4. The van der Waals surface area contributed by atoms with Gasteiger partial charge in [-0.25, -0.2) is 9.98 Å². The monoisotopic (exact) mass is 430 g/mol. The summed E-state index contributed by atoms with van der Waals surface area (Å²) in [5.41, 5.74) is 7.69. The Morgan fingerprint density at radius 3 is 2.53 bits per heavy atom. The molecule has 0 bridgehead atoms. The van der Waals surface area contributed by atoms with Crippen molar-refractivity contribution in [3.8, 4) is 0 Å². The number of carbonyl (C=O) groups excluding carboxylic acids is 1. The lowest BCUT2D eigenvalue weighted by atomic mass is 10.2. The van der Waals surface area contributed by atoms with Crippen molar-refractivity contribution in [3.63, 3.8) is 0 Å². The summed E-state index contributed by atoms with van der Waals surface area (Å²) in [6.45, 7) is 13.2. The van der Waals surface area contributed by atoms with E-state index in [0.717, 1.165) is 58.6 Å². The minimum atomic E-state index is 0.684. The lowest BCUT2D eigenvalue weighted by Crippen LogP contribution is -2.17.